The normalized spacial score (nSPS) is 22.8. The fraction of sp³-hybridized carbons (Fsp3) is 0.765. The summed E-state index contributed by atoms with van der Waals surface area (Å²) in [5.41, 5.74) is 0.119. The number of rotatable bonds is 6. The molecule has 1 aliphatic heterocycles. The highest BCUT2D eigenvalue weighted by atomic mass is 16.5. The highest BCUT2D eigenvalue weighted by Crippen LogP contribution is 2.38. The second-order valence-electron chi connectivity index (χ2n) is 6.75. The number of hydrogen-bond acceptors (Lipinski definition) is 4. The number of aryl methyl sites for hydroxylation is 1. The molecule has 6 heteroatoms. The van der Waals surface area contributed by atoms with Crippen molar-refractivity contribution < 1.29 is 9.53 Å². The van der Waals surface area contributed by atoms with Gasteiger partial charge in [0.05, 0.1) is 19.5 Å². The standard InChI is InChI=1S/C17H28N4O2/c1-15(19-16(22)4-8-20-9-7-18-14-20)17(5-2-3-6-17)21-10-12-23-13-11-21/h7,9,14-15H,2-6,8,10-13H2,1H3,(H,19,22)/t15-/m1/s1. The van der Waals surface area contributed by atoms with Gasteiger partial charge in [-0.25, -0.2) is 4.98 Å². The maximum Gasteiger partial charge on any atom is 0.222 e. The van der Waals surface area contributed by atoms with Gasteiger partial charge in [0.1, 0.15) is 0 Å². The molecule has 2 fully saturated rings. The van der Waals surface area contributed by atoms with Crippen molar-refractivity contribution in [1.82, 2.24) is 19.8 Å². The van der Waals surface area contributed by atoms with Crippen molar-refractivity contribution in [1.29, 1.82) is 0 Å². The van der Waals surface area contributed by atoms with Crippen LogP contribution in [0, 0.1) is 0 Å². The van der Waals surface area contributed by atoms with Gasteiger partial charge in [0, 0.05) is 50.0 Å². The summed E-state index contributed by atoms with van der Waals surface area (Å²) in [4.78, 5) is 18.9. The van der Waals surface area contributed by atoms with Gasteiger partial charge >= 0.3 is 0 Å². The zero-order valence-electron chi connectivity index (χ0n) is 14.0. The Bertz CT molecular complexity index is 491. The summed E-state index contributed by atoms with van der Waals surface area (Å²) < 4.78 is 7.45. The second kappa shape index (κ2) is 7.45. The summed E-state index contributed by atoms with van der Waals surface area (Å²) in [7, 11) is 0. The number of imidazole rings is 1. The number of carbonyl (C=O) groups is 1. The third-order valence-corrected chi connectivity index (χ3v) is 5.45. The zero-order valence-corrected chi connectivity index (χ0v) is 14.0. The van der Waals surface area contributed by atoms with Crippen LogP contribution < -0.4 is 5.32 Å². The van der Waals surface area contributed by atoms with Gasteiger partial charge in [0.15, 0.2) is 0 Å². The molecule has 0 bridgehead atoms. The third kappa shape index (κ3) is 3.75. The molecule has 1 amide bonds. The van der Waals surface area contributed by atoms with Gasteiger partial charge in [-0.15, -0.1) is 0 Å². The molecule has 2 heterocycles. The van der Waals surface area contributed by atoms with Gasteiger partial charge in [-0.1, -0.05) is 12.8 Å². The van der Waals surface area contributed by atoms with E-state index < -0.39 is 0 Å². The van der Waals surface area contributed by atoms with Gasteiger partial charge in [-0.2, -0.15) is 0 Å². The molecule has 0 unspecified atom stereocenters. The molecule has 2 aliphatic rings. The van der Waals surface area contributed by atoms with Crippen LogP contribution in [-0.2, 0) is 16.1 Å². The molecular weight excluding hydrogens is 292 g/mol. The van der Waals surface area contributed by atoms with Crippen LogP contribution in [0.15, 0.2) is 18.7 Å². The maximum absolute atomic E-state index is 12.3. The van der Waals surface area contributed by atoms with Crippen molar-refractivity contribution in [3.63, 3.8) is 0 Å². The lowest BCUT2D eigenvalue weighted by Gasteiger charge is -2.47. The molecule has 0 spiro atoms. The van der Waals surface area contributed by atoms with E-state index in [1.165, 1.54) is 25.7 Å². The largest absolute Gasteiger partial charge is 0.379 e. The number of amides is 1. The number of aromatic nitrogens is 2. The van der Waals surface area contributed by atoms with Gasteiger partial charge in [-0.3, -0.25) is 9.69 Å². The summed E-state index contributed by atoms with van der Waals surface area (Å²) in [6.07, 6.45) is 10.8. The predicted octanol–water partition coefficient (Wildman–Crippen LogP) is 1.42. The Kier molecular flexibility index (Phi) is 5.33. The van der Waals surface area contributed by atoms with Crippen LogP contribution in [0.3, 0.4) is 0 Å². The van der Waals surface area contributed by atoms with E-state index in [0.29, 0.717) is 13.0 Å². The topological polar surface area (TPSA) is 59.4 Å². The fourth-order valence-electron chi connectivity index (χ4n) is 4.12. The molecule has 1 saturated heterocycles. The van der Waals surface area contributed by atoms with E-state index in [0.717, 1.165) is 26.3 Å². The lowest BCUT2D eigenvalue weighted by Crippen LogP contribution is -2.62. The number of nitrogens with zero attached hydrogens (tertiary/aromatic N) is 3. The number of ether oxygens (including phenoxy) is 1. The Morgan fingerprint density at radius 2 is 2.09 bits per heavy atom. The van der Waals surface area contributed by atoms with Crippen molar-refractivity contribution in [2.45, 2.75) is 57.2 Å². The predicted molar refractivity (Wildman–Crippen MR) is 88.0 cm³/mol. The lowest BCUT2D eigenvalue weighted by molar-refractivity contribution is -0.123. The monoisotopic (exact) mass is 320 g/mol. The highest BCUT2D eigenvalue weighted by molar-refractivity contribution is 5.76. The van der Waals surface area contributed by atoms with E-state index in [1.54, 1.807) is 12.5 Å². The van der Waals surface area contributed by atoms with Gasteiger partial charge in [0.2, 0.25) is 5.91 Å². The first kappa shape index (κ1) is 16.5. The minimum absolute atomic E-state index is 0.119. The molecule has 1 aliphatic carbocycles. The van der Waals surface area contributed by atoms with Crippen LogP contribution in [0.2, 0.25) is 0 Å². The molecule has 0 radical (unpaired) electrons. The minimum atomic E-state index is 0.119. The van der Waals surface area contributed by atoms with E-state index in [1.807, 2.05) is 10.8 Å². The summed E-state index contributed by atoms with van der Waals surface area (Å²) in [6.45, 7) is 6.44. The average molecular weight is 320 g/mol. The van der Waals surface area contributed by atoms with Crippen molar-refractivity contribution in [3.8, 4) is 0 Å². The van der Waals surface area contributed by atoms with Crippen LogP contribution in [0.25, 0.3) is 0 Å². The quantitative estimate of drug-likeness (QED) is 0.861. The first-order chi connectivity index (χ1) is 11.2. The van der Waals surface area contributed by atoms with E-state index in [-0.39, 0.29) is 17.5 Å². The van der Waals surface area contributed by atoms with Gasteiger partial charge < -0.3 is 14.6 Å². The molecule has 1 aromatic heterocycles. The first-order valence-corrected chi connectivity index (χ1v) is 8.79. The van der Waals surface area contributed by atoms with E-state index in [2.05, 4.69) is 22.1 Å². The molecule has 1 atom stereocenters. The Hall–Kier alpha value is -1.40. The van der Waals surface area contributed by atoms with Crippen LogP contribution in [0.5, 0.6) is 0 Å². The Balaban J connectivity index is 1.57. The van der Waals surface area contributed by atoms with Crippen molar-refractivity contribution in [3.05, 3.63) is 18.7 Å². The molecule has 6 nitrogen and oxygen atoms in total. The first-order valence-electron chi connectivity index (χ1n) is 8.79. The molecule has 0 aromatic carbocycles. The molecule has 3 rings (SSSR count). The summed E-state index contributed by atoms with van der Waals surface area (Å²) in [5.74, 6) is 0.130. The molecule has 1 N–H and O–H groups in total. The highest BCUT2D eigenvalue weighted by Gasteiger charge is 2.44. The summed E-state index contributed by atoms with van der Waals surface area (Å²) >= 11 is 0. The Morgan fingerprint density at radius 1 is 1.35 bits per heavy atom. The Morgan fingerprint density at radius 3 is 2.74 bits per heavy atom. The van der Waals surface area contributed by atoms with E-state index >= 15 is 0 Å². The average Bonchev–Trinajstić information content (AvgIpc) is 3.26. The SMILES string of the molecule is C[C@@H](NC(=O)CCn1ccnc1)C1(N2CCOCC2)CCCC1. The van der Waals surface area contributed by atoms with Crippen molar-refractivity contribution >= 4 is 5.91 Å². The smallest absolute Gasteiger partial charge is 0.222 e. The molecule has 23 heavy (non-hydrogen) atoms. The number of nitrogens with one attached hydrogen (secondary N) is 1. The Labute approximate surface area is 138 Å². The summed E-state index contributed by atoms with van der Waals surface area (Å²) in [5, 5.41) is 3.27. The van der Waals surface area contributed by atoms with Crippen LogP contribution >= 0.6 is 0 Å². The van der Waals surface area contributed by atoms with Crippen molar-refractivity contribution in [2.24, 2.45) is 0 Å². The second-order valence-corrected chi connectivity index (χ2v) is 6.75. The van der Waals surface area contributed by atoms with Crippen LogP contribution in [0.4, 0.5) is 0 Å². The molecular formula is C17H28N4O2. The molecule has 128 valence electrons. The van der Waals surface area contributed by atoms with Crippen LogP contribution in [0.1, 0.15) is 39.0 Å². The minimum Gasteiger partial charge on any atom is -0.379 e. The maximum atomic E-state index is 12.3. The van der Waals surface area contributed by atoms with E-state index in [4.69, 9.17) is 4.74 Å². The van der Waals surface area contributed by atoms with Gasteiger partial charge in [-0.05, 0) is 19.8 Å². The summed E-state index contributed by atoms with van der Waals surface area (Å²) in [6, 6.07) is 0.179. The van der Waals surface area contributed by atoms with Crippen molar-refractivity contribution in [2.75, 3.05) is 26.3 Å². The number of morpholine rings is 1. The van der Waals surface area contributed by atoms with Crippen LogP contribution in [-0.4, -0.2) is 58.2 Å². The zero-order chi connectivity index (χ0) is 16.1. The molecule has 1 aromatic rings. The number of hydrogen-bond donors (Lipinski definition) is 1. The third-order valence-electron chi connectivity index (χ3n) is 5.45. The van der Waals surface area contributed by atoms with Gasteiger partial charge in [0.25, 0.3) is 0 Å². The lowest BCUT2D eigenvalue weighted by atomic mass is 9.86. The number of carbonyl (C=O) groups excluding carboxylic acids is 1. The molecule has 1 saturated carbocycles. The van der Waals surface area contributed by atoms with E-state index in [9.17, 15) is 4.79 Å². The fourth-order valence-corrected chi connectivity index (χ4v) is 4.12.